The van der Waals surface area contributed by atoms with Gasteiger partial charge >= 0.3 is 0 Å². The van der Waals surface area contributed by atoms with Crippen molar-refractivity contribution in [2.24, 2.45) is 5.73 Å². The van der Waals surface area contributed by atoms with E-state index in [4.69, 9.17) is 5.73 Å². The Morgan fingerprint density at radius 2 is 1.90 bits per heavy atom. The minimum atomic E-state index is -0.436. The Labute approximate surface area is 125 Å². The molecule has 1 rings (SSSR count). The fraction of sp³-hybridized carbons (Fsp3) is 0.167. The van der Waals surface area contributed by atoms with Crippen LogP contribution in [0.3, 0.4) is 0 Å². The van der Waals surface area contributed by atoms with Crippen molar-refractivity contribution in [2.75, 3.05) is 0 Å². The Balaban J connectivity index is 2.99. The summed E-state index contributed by atoms with van der Waals surface area (Å²) >= 11 is 0. The number of carbonyl (C=O) groups excluding carboxylic acids is 1. The van der Waals surface area contributed by atoms with E-state index in [1.807, 2.05) is 32.1 Å². The van der Waals surface area contributed by atoms with Gasteiger partial charge in [0.2, 0.25) is 5.91 Å². The number of phenolic OH excluding ortho intramolecular Hbond substituents is 1. The van der Waals surface area contributed by atoms with Gasteiger partial charge in [0.15, 0.2) is 0 Å². The summed E-state index contributed by atoms with van der Waals surface area (Å²) < 4.78 is 0. The number of carbonyl (C=O) groups is 1. The van der Waals surface area contributed by atoms with Gasteiger partial charge in [0.1, 0.15) is 5.75 Å². The summed E-state index contributed by atoms with van der Waals surface area (Å²) in [5, 5.41) is 9.27. The number of aromatic hydroxyl groups is 1. The predicted octanol–water partition coefficient (Wildman–Crippen LogP) is 3.43. The van der Waals surface area contributed by atoms with Crippen LogP contribution in [0.4, 0.5) is 0 Å². The summed E-state index contributed by atoms with van der Waals surface area (Å²) in [6.45, 7) is 7.48. The van der Waals surface area contributed by atoms with Crippen molar-refractivity contribution in [3.63, 3.8) is 0 Å². The minimum absolute atomic E-state index is 0.199. The number of benzene rings is 1. The van der Waals surface area contributed by atoms with Crippen LogP contribution in [0.2, 0.25) is 0 Å². The van der Waals surface area contributed by atoms with Crippen LogP contribution >= 0.6 is 0 Å². The second-order valence-corrected chi connectivity index (χ2v) is 4.84. The zero-order valence-corrected chi connectivity index (χ0v) is 12.5. The molecule has 0 aliphatic heterocycles. The van der Waals surface area contributed by atoms with Crippen LogP contribution in [0, 0.1) is 0 Å². The highest BCUT2D eigenvalue weighted by Gasteiger charge is 2.09. The average molecular weight is 283 g/mol. The standard InChI is InChI=1S/C18H21NO2/c1-4-13(2)6-5-7-14(3)17(18(19)21)12-15-8-10-16(20)11-9-15/h4-11,20H,1,12H2,2-3H3,(H2,19,21). The van der Waals surface area contributed by atoms with Gasteiger partial charge in [-0.2, -0.15) is 0 Å². The molecule has 0 saturated carbocycles. The molecule has 0 bridgehead atoms. The van der Waals surface area contributed by atoms with Gasteiger partial charge in [-0.3, -0.25) is 4.79 Å². The van der Waals surface area contributed by atoms with Gasteiger partial charge in [0.25, 0.3) is 0 Å². The monoisotopic (exact) mass is 283 g/mol. The van der Waals surface area contributed by atoms with E-state index in [2.05, 4.69) is 6.58 Å². The summed E-state index contributed by atoms with van der Waals surface area (Å²) in [5.74, 6) is -0.236. The lowest BCUT2D eigenvalue weighted by Gasteiger charge is -2.07. The molecule has 0 spiro atoms. The van der Waals surface area contributed by atoms with E-state index >= 15 is 0 Å². The Kier molecular flexibility index (Phi) is 6.21. The van der Waals surface area contributed by atoms with Gasteiger partial charge in [0.05, 0.1) is 0 Å². The molecular formula is C18H21NO2. The fourth-order valence-electron chi connectivity index (χ4n) is 1.75. The molecule has 0 aliphatic carbocycles. The Hall–Kier alpha value is -2.55. The number of amides is 1. The second kappa shape index (κ2) is 7.90. The molecule has 3 N–H and O–H groups in total. The predicted molar refractivity (Wildman–Crippen MR) is 86.8 cm³/mol. The Morgan fingerprint density at radius 1 is 1.29 bits per heavy atom. The molecule has 0 radical (unpaired) electrons. The van der Waals surface area contributed by atoms with E-state index in [1.165, 1.54) is 0 Å². The van der Waals surface area contributed by atoms with E-state index in [0.29, 0.717) is 12.0 Å². The number of hydrogen-bond donors (Lipinski definition) is 2. The number of allylic oxidation sites excluding steroid dienone is 6. The number of nitrogens with two attached hydrogens (primary N) is 1. The maximum absolute atomic E-state index is 11.6. The summed E-state index contributed by atoms with van der Waals surface area (Å²) in [6, 6.07) is 6.73. The van der Waals surface area contributed by atoms with Gasteiger partial charge in [-0.1, -0.05) is 48.6 Å². The summed E-state index contributed by atoms with van der Waals surface area (Å²) in [7, 11) is 0. The molecule has 110 valence electrons. The van der Waals surface area contributed by atoms with E-state index in [0.717, 1.165) is 16.7 Å². The summed E-state index contributed by atoms with van der Waals surface area (Å²) in [4.78, 5) is 11.6. The molecule has 0 aromatic heterocycles. The van der Waals surface area contributed by atoms with Crippen LogP contribution in [0.15, 0.2) is 71.9 Å². The van der Waals surface area contributed by atoms with E-state index in [-0.39, 0.29) is 5.75 Å². The molecule has 1 amide bonds. The molecule has 3 nitrogen and oxygen atoms in total. The zero-order chi connectivity index (χ0) is 15.8. The van der Waals surface area contributed by atoms with Crippen molar-refractivity contribution in [2.45, 2.75) is 20.3 Å². The van der Waals surface area contributed by atoms with Crippen LogP contribution in [0.1, 0.15) is 19.4 Å². The second-order valence-electron chi connectivity index (χ2n) is 4.84. The third kappa shape index (κ3) is 5.53. The quantitative estimate of drug-likeness (QED) is 0.620. The van der Waals surface area contributed by atoms with E-state index < -0.39 is 5.91 Å². The molecule has 0 aliphatic rings. The first kappa shape index (κ1) is 16.5. The first-order valence-electron chi connectivity index (χ1n) is 6.69. The van der Waals surface area contributed by atoms with Gasteiger partial charge in [-0.25, -0.2) is 0 Å². The average Bonchev–Trinajstić information content (AvgIpc) is 2.45. The molecular weight excluding hydrogens is 262 g/mol. The summed E-state index contributed by atoms with van der Waals surface area (Å²) in [6.07, 6.45) is 7.83. The molecule has 0 saturated heterocycles. The molecule has 0 atom stereocenters. The number of rotatable bonds is 6. The Bertz CT molecular complexity index is 605. The summed E-state index contributed by atoms with van der Waals surface area (Å²) in [5.41, 5.74) is 8.80. The van der Waals surface area contributed by atoms with Crippen LogP contribution in [-0.2, 0) is 11.2 Å². The van der Waals surface area contributed by atoms with Crippen molar-refractivity contribution in [3.05, 3.63) is 77.4 Å². The third-order valence-corrected chi connectivity index (χ3v) is 3.12. The molecule has 1 aromatic rings. The fourth-order valence-corrected chi connectivity index (χ4v) is 1.75. The molecule has 1 aromatic carbocycles. The van der Waals surface area contributed by atoms with Crippen molar-refractivity contribution >= 4 is 5.91 Å². The lowest BCUT2D eigenvalue weighted by Crippen LogP contribution is -2.17. The SMILES string of the molecule is C=CC(C)=CC=CC(C)=C(Cc1ccc(O)cc1)C(N)=O. The van der Waals surface area contributed by atoms with Gasteiger partial charge in [-0.15, -0.1) is 0 Å². The maximum atomic E-state index is 11.6. The Morgan fingerprint density at radius 3 is 2.43 bits per heavy atom. The van der Waals surface area contributed by atoms with Crippen LogP contribution in [0.25, 0.3) is 0 Å². The van der Waals surface area contributed by atoms with E-state index in [9.17, 15) is 9.90 Å². The van der Waals surface area contributed by atoms with Crippen molar-refractivity contribution in [1.82, 2.24) is 0 Å². The smallest absolute Gasteiger partial charge is 0.245 e. The van der Waals surface area contributed by atoms with E-state index in [1.54, 1.807) is 30.3 Å². The van der Waals surface area contributed by atoms with Crippen molar-refractivity contribution < 1.29 is 9.90 Å². The van der Waals surface area contributed by atoms with Gasteiger partial charge < -0.3 is 10.8 Å². The highest BCUT2D eigenvalue weighted by Crippen LogP contribution is 2.16. The van der Waals surface area contributed by atoms with Crippen LogP contribution in [0.5, 0.6) is 5.75 Å². The highest BCUT2D eigenvalue weighted by molar-refractivity contribution is 5.93. The molecule has 21 heavy (non-hydrogen) atoms. The minimum Gasteiger partial charge on any atom is -0.508 e. The first-order chi connectivity index (χ1) is 9.93. The lowest BCUT2D eigenvalue weighted by atomic mass is 9.99. The first-order valence-corrected chi connectivity index (χ1v) is 6.69. The van der Waals surface area contributed by atoms with Crippen LogP contribution < -0.4 is 5.73 Å². The topological polar surface area (TPSA) is 63.3 Å². The third-order valence-electron chi connectivity index (χ3n) is 3.12. The zero-order valence-electron chi connectivity index (χ0n) is 12.5. The molecule has 0 heterocycles. The van der Waals surface area contributed by atoms with Crippen molar-refractivity contribution in [1.29, 1.82) is 0 Å². The van der Waals surface area contributed by atoms with Crippen LogP contribution in [-0.4, -0.2) is 11.0 Å². The number of primary amides is 1. The molecule has 0 fully saturated rings. The van der Waals surface area contributed by atoms with Gasteiger partial charge in [-0.05, 0) is 37.1 Å². The number of phenols is 1. The normalized spacial score (nSPS) is 13.1. The lowest BCUT2D eigenvalue weighted by molar-refractivity contribution is -0.114. The number of hydrogen-bond acceptors (Lipinski definition) is 2. The van der Waals surface area contributed by atoms with Crippen molar-refractivity contribution in [3.8, 4) is 5.75 Å². The van der Waals surface area contributed by atoms with Gasteiger partial charge in [0, 0.05) is 12.0 Å². The largest absolute Gasteiger partial charge is 0.508 e. The molecule has 3 heteroatoms. The highest BCUT2D eigenvalue weighted by atomic mass is 16.3. The maximum Gasteiger partial charge on any atom is 0.245 e. The molecule has 0 unspecified atom stereocenters.